The van der Waals surface area contributed by atoms with Crippen molar-refractivity contribution in [2.75, 3.05) is 25.7 Å². The Morgan fingerprint density at radius 3 is 2.49 bits per heavy atom. The topological polar surface area (TPSA) is 103 Å². The summed E-state index contributed by atoms with van der Waals surface area (Å²) >= 11 is 6.44. The van der Waals surface area contributed by atoms with Crippen LogP contribution < -0.4 is 0 Å². The Labute approximate surface area is 228 Å². The molecule has 0 spiro atoms. The predicted octanol–water partition coefficient (Wildman–Crippen LogP) is 4.84. The Hall–Kier alpha value is -2.96. The van der Waals surface area contributed by atoms with Gasteiger partial charge in [-0.05, 0) is 29.8 Å². The van der Waals surface area contributed by atoms with Crippen molar-refractivity contribution >= 4 is 38.6 Å². The fourth-order valence-electron chi connectivity index (χ4n) is 4.95. The minimum absolute atomic E-state index is 0.0594. The summed E-state index contributed by atoms with van der Waals surface area (Å²) in [5.74, 6) is -1.74. The van der Waals surface area contributed by atoms with E-state index in [-0.39, 0.29) is 47.6 Å². The Morgan fingerprint density at radius 2 is 1.74 bits per heavy atom. The number of benzene rings is 2. The standard InChI is InChI=1S/C27H24ClF2N3O5S/c1-39(2,35)33-14-5-3-13(4-6-14)15-7-8-16(24(30)23(15)29)25-17(28)9-18-19(32-25)10-22(31-18)38-21-12-37-26-20(34)11-36-27(21)26/h3-9,20-21,26-27,34H,10-12H2,1-2H3/t20-,21-,26-,27-/m1/s1. The number of pyridine rings is 1. The van der Waals surface area contributed by atoms with Crippen molar-refractivity contribution in [2.24, 2.45) is 9.36 Å². The van der Waals surface area contributed by atoms with Gasteiger partial charge in [-0.15, -0.1) is 0 Å². The second kappa shape index (κ2) is 9.90. The lowest BCUT2D eigenvalue weighted by molar-refractivity contribution is 0.00558. The first-order valence-corrected chi connectivity index (χ1v) is 14.9. The van der Waals surface area contributed by atoms with Crippen LogP contribution in [0.5, 0.6) is 0 Å². The Balaban J connectivity index is 1.23. The summed E-state index contributed by atoms with van der Waals surface area (Å²) in [6.45, 7) is 0.443. The van der Waals surface area contributed by atoms with Gasteiger partial charge in [-0.3, -0.25) is 0 Å². The van der Waals surface area contributed by atoms with Gasteiger partial charge in [0.25, 0.3) is 0 Å². The highest BCUT2D eigenvalue weighted by Crippen LogP contribution is 2.39. The third kappa shape index (κ3) is 5.05. The monoisotopic (exact) mass is 575 g/mol. The molecule has 2 fully saturated rings. The van der Waals surface area contributed by atoms with E-state index in [1.165, 1.54) is 24.6 Å². The lowest BCUT2D eigenvalue weighted by Crippen LogP contribution is -2.34. The molecule has 12 heteroatoms. The predicted molar refractivity (Wildman–Crippen MR) is 143 cm³/mol. The molecule has 0 aliphatic carbocycles. The summed E-state index contributed by atoms with van der Waals surface area (Å²) in [7, 11) is -2.34. The smallest absolute Gasteiger partial charge is 0.195 e. The molecule has 0 bridgehead atoms. The van der Waals surface area contributed by atoms with Crippen LogP contribution in [-0.4, -0.2) is 70.3 Å². The zero-order valence-electron chi connectivity index (χ0n) is 20.9. The SMILES string of the molecule is CS(C)(=O)=Nc1ccc(-c2ccc(-c3nc4c(cc3Cl)N=C(O[C@@H]3CO[C@H]5[C@@H]3OC[C@H]5O)C4)c(F)c2F)cc1. The summed E-state index contributed by atoms with van der Waals surface area (Å²) < 4.78 is 63.8. The quantitative estimate of drug-likeness (QED) is 0.478. The van der Waals surface area contributed by atoms with E-state index >= 15 is 8.78 Å². The molecule has 0 saturated carbocycles. The van der Waals surface area contributed by atoms with Crippen molar-refractivity contribution in [1.29, 1.82) is 0 Å². The molecule has 2 aromatic carbocycles. The summed E-state index contributed by atoms with van der Waals surface area (Å²) in [4.78, 5) is 8.95. The van der Waals surface area contributed by atoms with Gasteiger partial charge in [-0.1, -0.05) is 29.8 Å². The first-order valence-electron chi connectivity index (χ1n) is 12.2. The normalized spacial score (nSPS) is 23.9. The maximum absolute atomic E-state index is 15.3. The van der Waals surface area contributed by atoms with E-state index in [0.717, 1.165) is 0 Å². The molecule has 3 aliphatic rings. The van der Waals surface area contributed by atoms with Gasteiger partial charge in [0.1, 0.15) is 18.3 Å². The van der Waals surface area contributed by atoms with Crippen LogP contribution in [0.1, 0.15) is 5.69 Å². The molecule has 4 heterocycles. The number of aliphatic imine (C=N–C) groups is 1. The van der Waals surface area contributed by atoms with E-state index in [4.69, 9.17) is 25.8 Å². The van der Waals surface area contributed by atoms with Crippen LogP contribution in [0.15, 0.2) is 51.8 Å². The summed E-state index contributed by atoms with van der Waals surface area (Å²) in [6, 6.07) is 10.8. The van der Waals surface area contributed by atoms with Gasteiger partial charge < -0.3 is 19.3 Å². The third-order valence-electron chi connectivity index (χ3n) is 6.71. The number of rotatable bonds is 4. The molecule has 8 nitrogen and oxygen atoms in total. The molecule has 39 heavy (non-hydrogen) atoms. The van der Waals surface area contributed by atoms with Crippen LogP contribution in [0.3, 0.4) is 0 Å². The highest BCUT2D eigenvalue weighted by molar-refractivity contribution is 7.92. The number of hydrogen-bond donors (Lipinski definition) is 1. The van der Waals surface area contributed by atoms with Crippen molar-refractivity contribution in [2.45, 2.75) is 30.8 Å². The minimum atomic E-state index is -2.34. The van der Waals surface area contributed by atoms with Crippen LogP contribution >= 0.6 is 11.6 Å². The van der Waals surface area contributed by atoms with Gasteiger partial charge in [0.15, 0.2) is 23.6 Å². The molecular weight excluding hydrogens is 552 g/mol. The molecular formula is C27H24ClF2N3O5S. The van der Waals surface area contributed by atoms with Gasteiger partial charge in [0, 0.05) is 33.4 Å². The van der Waals surface area contributed by atoms with Gasteiger partial charge in [0.2, 0.25) is 0 Å². The molecule has 2 saturated heterocycles. The second-order valence-electron chi connectivity index (χ2n) is 9.89. The zero-order valence-corrected chi connectivity index (χ0v) is 22.5. The van der Waals surface area contributed by atoms with E-state index < -0.39 is 39.7 Å². The average molecular weight is 576 g/mol. The molecule has 4 atom stereocenters. The number of aliphatic hydroxyl groups is 1. The number of aliphatic hydroxyl groups excluding tert-OH is 1. The highest BCUT2D eigenvalue weighted by Gasteiger charge is 2.49. The van der Waals surface area contributed by atoms with Gasteiger partial charge in [-0.25, -0.2) is 23.0 Å². The number of halogens is 3. The third-order valence-corrected chi connectivity index (χ3v) is 7.64. The van der Waals surface area contributed by atoms with Crippen LogP contribution in [0.4, 0.5) is 20.2 Å². The van der Waals surface area contributed by atoms with E-state index in [1.807, 2.05) is 0 Å². The summed E-state index contributed by atoms with van der Waals surface area (Å²) in [5.41, 5.74) is 1.99. The van der Waals surface area contributed by atoms with Crippen molar-refractivity contribution in [1.82, 2.24) is 4.98 Å². The van der Waals surface area contributed by atoms with Crippen LogP contribution in [0.2, 0.25) is 5.02 Å². The number of nitrogens with zero attached hydrogens (tertiary/aromatic N) is 3. The van der Waals surface area contributed by atoms with E-state index in [2.05, 4.69) is 14.3 Å². The Morgan fingerprint density at radius 1 is 1.05 bits per heavy atom. The van der Waals surface area contributed by atoms with Crippen molar-refractivity contribution in [3.63, 3.8) is 0 Å². The molecule has 0 unspecified atom stereocenters. The zero-order chi connectivity index (χ0) is 27.5. The number of ether oxygens (including phenoxy) is 3. The molecule has 3 aliphatic heterocycles. The van der Waals surface area contributed by atoms with Crippen LogP contribution in [0, 0.1) is 11.6 Å². The summed E-state index contributed by atoms with van der Waals surface area (Å²) in [6.07, 6.45) is 1.33. The van der Waals surface area contributed by atoms with E-state index in [1.54, 1.807) is 30.3 Å². The van der Waals surface area contributed by atoms with Crippen molar-refractivity contribution < 1.29 is 32.3 Å². The fourth-order valence-corrected chi connectivity index (χ4v) is 5.83. The average Bonchev–Trinajstić information content (AvgIpc) is 3.57. The molecule has 204 valence electrons. The van der Waals surface area contributed by atoms with E-state index in [0.29, 0.717) is 28.5 Å². The minimum Gasteiger partial charge on any atom is -0.472 e. The highest BCUT2D eigenvalue weighted by atomic mass is 35.5. The maximum Gasteiger partial charge on any atom is 0.195 e. The Kier molecular flexibility index (Phi) is 6.67. The lowest BCUT2D eigenvalue weighted by atomic mass is 10.0. The van der Waals surface area contributed by atoms with E-state index in [9.17, 15) is 9.32 Å². The maximum atomic E-state index is 15.3. The molecule has 1 aromatic heterocycles. The summed E-state index contributed by atoms with van der Waals surface area (Å²) in [5, 5.41) is 10.0. The fraction of sp³-hybridized carbons (Fsp3) is 0.333. The van der Waals surface area contributed by atoms with Crippen molar-refractivity contribution in [3.05, 3.63) is 64.8 Å². The number of hydrogen-bond acceptors (Lipinski definition) is 8. The largest absolute Gasteiger partial charge is 0.472 e. The van der Waals surface area contributed by atoms with Gasteiger partial charge in [-0.2, -0.15) is 4.36 Å². The lowest BCUT2D eigenvalue weighted by Gasteiger charge is -2.17. The second-order valence-corrected chi connectivity index (χ2v) is 12.8. The molecule has 0 radical (unpaired) electrons. The van der Waals surface area contributed by atoms with Gasteiger partial charge in [0.05, 0.1) is 47.4 Å². The molecule has 1 N–H and O–H groups in total. The van der Waals surface area contributed by atoms with Crippen LogP contribution in [-0.2, 0) is 30.4 Å². The van der Waals surface area contributed by atoms with Crippen LogP contribution in [0.25, 0.3) is 22.4 Å². The van der Waals surface area contributed by atoms with Gasteiger partial charge >= 0.3 is 0 Å². The first kappa shape index (κ1) is 26.3. The number of aromatic nitrogens is 1. The molecule has 6 rings (SSSR count). The number of fused-ring (bicyclic) bond motifs is 2. The molecule has 3 aromatic rings. The Bertz CT molecular complexity index is 1620. The first-order chi connectivity index (χ1) is 18.6. The van der Waals surface area contributed by atoms with Crippen molar-refractivity contribution in [3.8, 4) is 22.4 Å². The molecule has 0 amide bonds.